The van der Waals surface area contributed by atoms with E-state index in [4.69, 9.17) is 4.74 Å². The number of aromatic nitrogens is 1. The van der Waals surface area contributed by atoms with Gasteiger partial charge in [0.15, 0.2) is 0 Å². The Kier molecular flexibility index (Phi) is 4.57. The molecular weight excluding hydrogens is 316 g/mol. The van der Waals surface area contributed by atoms with E-state index in [1.165, 1.54) is 0 Å². The lowest BCUT2D eigenvalue weighted by Crippen LogP contribution is -2.29. The Morgan fingerprint density at radius 3 is 2.68 bits per heavy atom. The number of hydrogen-bond donors (Lipinski definition) is 1. The van der Waals surface area contributed by atoms with Crippen molar-refractivity contribution in [2.75, 3.05) is 14.2 Å². The number of ether oxygens (including phenoxy) is 1. The normalized spacial score (nSPS) is 10.7. The van der Waals surface area contributed by atoms with Crippen LogP contribution in [-0.4, -0.2) is 29.9 Å². The second kappa shape index (κ2) is 6.81. The van der Waals surface area contributed by atoms with E-state index < -0.39 is 0 Å². The fourth-order valence-corrected chi connectivity index (χ4v) is 2.80. The predicted molar refractivity (Wildman–Crippen MR) is 98.1 cm³/mol. The molecule has 3 aromatic rings. The van der Waals surface area contributed by atoms with Gasteiger partial charge in [-0.3, -0.25) is 9.59 Å². The summed E-state index contributed by atoms with van der Waals surface area (Å²) in [5, 5.41) is 0.895. The van der Waals surface area contributed by atoms with E-state index in [2.05, 4.69) is 4.98 Å². The van der Waals surface area contributed by atoms with Crippen LogP contribution in [0.1, 0.15) is 21.5 Å². The van der Waals surface area contributed by atoms with Crippen LogP contribution in [0, 0.1) is 6.92 Å². The fraction of sp³-hybridized carbons (Fsp3) is 0.200. The van der Waals surface area contributed by atoms with Crippen LogP contribution in [0.2, 0.25) is 0 Å². The maximum absolute atomic E-state index is 12.6. The number of rotatable bonds is 4. The topological polar surface area (TPSA) is 62.4 Å². The van der Waals surface area contributed by atoms with Crippen LogP contribution in [0.5, 0.6) is 5.75 Å². The molecule has 0 aliphatic carbocycles. The number of amides is 1. The van der Waals surface area contributed by atoms with Crippen molar-refractivity contribution in [1.82, 2.24) is 9.88 Å². The Hall–Kier alpha value is -3.08. The minimum atomic E-state index is -0.204. The molecule has 0 aliphatic heterocycles. The number of aromatic amines is 1. The van der Waals surface area contributed by atoms with Gasteiger partial charge in [0.05, 0.1) is 19.2 Å². The van der Waals surface area contributed by atoms with Crippen molar-refractivity contribution in [3.05, 3.63) is 75.6 Å². The molecule has 25 heavy (non-hydrogen) atoms. The third kappa shape index (κ3) is 3.55. The molecule has 0 radical (unpaired) electrons. The summed E-state index contributed by atoms with van der Waals surface area (Å²) in [4.78, 5) is 29.3. The lowest BCUT2D eigenvalue weighted by atomic mass is 10.1. The van der Waals surface area contributed by atoms with E-state index in [1.807, 2.05) is 43.3 Å². The molecule has 0 saturated heterocycles. The van der Waals surface area contributed by atoms with Crippen LogP contribution in [0.4, 0.5) is 0 Å². The molecule has 1 amide bonds. The maximum Gasteiger partial charge on any atom is 0.253 e. The van der Waals surface area contributed by atoms with Gasteiger partial charge in [-0.25, -0.2) is 0 Å². The molecule has 3 rings (SSSR count). The molecule has 1 N–H and O–H groups in total. The van der Waals surface area contributed by atoms with Gasteiger partial charge in [-0.2, -0.15) is 0 Å². The van der Waals surface area contributed by atoms with Gasteiger partial charge >= 0.3 is 0 Å². The summed E-state index contributed by atoms with van der Waals surface area (Å²) < 4.78 is 5.17. The summed E-state index contributed by atoms with van der Waals surface area (Å²) in [5.41, 5.74) is 2.69. The summed E-state index contributed by atoms with van der Waals surface area (Å²) in [5.74, 6) is 0.570. The Bertz CT molecular complexity index is 992. The van der Waals surface area contributed by atoms with Gasteiger partial charge < -0.3 is 14.6 Å². The van der Waals surface area contributed by atoms with Gasteiger partial charge in [-0.05, 0) is 42.6 Å². The molecule has 0 saturated carbocycles. The van der Waals surface area contributed by atoms with Gasteiger partial charge in [0.2, 0.25) is 0 Å². The van der Waals surface area contributed by atoms with Gasteiger partial charge in [-0.15, -0.1) is 0 Å². The third-order valence-electron chi connectivity index (χ3n) is 4.15. The third-order valence-corrected chi connectivity index (χ3v) is 4.15. The standard InChI is InChI=1S/C20H20N2O3/c1-13-5-4-6-15(9-13)20(24)22(2)12-16-10-14-7-8-17(25-3)11-18(14)21-19(16)23/h4-11H,12H2,1-3H3,(H,21,23). The molecule has 5 nitrogen and oxygen atoms in total. The quantitative estimate of drug-likeness (QED) is 0.796. The van der Waals surface area contributed by atoms with Crippen molar-refractivity contribution in [3.63, 3.8) is 0 Å². The summed E-state index contributed by atoms with van der Waals surface area (Å²) in [6.45, 7) is 2.18. The molecule has 0 spiro atoms. The lowest BCUT2D eigenvalue weighted by Gasteiger charge is -2.17. The smallest absolute Gasteiger partial charge is 0.253 e. The van der Waals surface area contributed by atoms with Crippen molar-refractivity contribution in [3.8, 4) is 5.75 Å². The Balaban J connectivity index is 1.88. The zero-order chi connectivity index (χ0) is 18.0. The van der Waals surface area contributed by atoms with Crippen molar-refractivity contribution in [2.24, 2.45) is 0 Å². The summed E-state index contributed by atoms with van der Waals surface area (Å²) >= 11 is 0. The van der Waals surface area contributed by atoms with Crippen molar-refractivity contribution in [1.29, 1.82) is 0 Å². The second-order valence-corrected chi connectivity index (χ2v) is 6.11. The molecular formula is C20H20N2O3. The van der Waals surface area contributed by atoms with Gasteiger partial charge in [0, 0.05) is 24.2 Å². The van der Waals surface area contributed by atoms with Crippen LogP contribution in [0.15, 0.2) is 53.3 Å². The first-order valence-corrected chi connectivity index (χ1v) is 8.00. The first-order valence-electron chi connectivity index (χ1n) is 8.00. The Morgan fingerprint density at radius 2 is 1.96 bits per heavy atom. The van der Waals surface area contributed by atoms with E-state index in [0.717, 1.165) is 10.9 Å². The molecule has 1 aromatic heterocycles. The monoisotopic (exact) mass is 336 g/mol. The molecule has 0 unspecified atom stereocenters. The molecule has 0 aliphatic rings. The van der Waals surface area contributed by atoms with E-state index in [9.17, 15) is 9.59 Å². The highest BCUT2D eigenvalue weighted by molar-refractivity contribution is 5.94. The number of pyridine rings is 1. The SMILES string of the molecule is COc1ccc2cc(CN(C)C(=O)c3cccc(C)c3)c(=O)[nH]c2c1. The van der Waals surface area contributed by atoms with Crippen LogP contribution in [0.3, 0.4) is 0 Å². The number of H-pyrrole nitrogens is 1. The minimum Gasteiger partial charge on any atom is -0.497 e. The van der Waals surface area contributed by atoms with E-state index in [1.54, 1.807) is 31.2 Å². The number of nitrogens with one attached hydrogen (secondary N) is 1. The molecule has 2 aromatic carbocycles. The number of aryl methyl sites for hydroxylation is 1. The lowest BCUT2D eigenvalue weighted by molar-refractivity contribution is 0.0784. The number of hydrogen-bond acceptors (Lipinski definition) is 3. The van der Waals surface area contributed by atoms with Crippen LogP contribution in [-0.2, 0) is 6.54 Å². The molecule has 0 atom stereocenters. The van der Waals surface area contributed by atoms with Gasteiger partial charge in [-0.1, -0.05) is 17.7 Å². The van der Waals surface area contributed by atoms with E-state index in [-0.39, 0.29) is 18.0 Å². The number of carbonyl (C=O) groups excluding carboxylic acids is 1. The summed E-state index contributed by atoms with van der Waals surface area (Å²) in [6, 6.07) is 14.7. The fourth-order valence-electron chi connectivity index (χ4n) is 2.80. The number of carbonyl (C=O) groups is 1. The number of fused-ring (bicyclic) bond motifs is 1. The van der Waals surface area contributed by atoms with Crippen LogP contribution >= 0.6 is 0 Å². The minimum absolute atomic E-state index is 0.113. The first kappa shape index (κ1) is 16.8. The molecule has 5 heteroatoms. The largest absolute Gasteiger partial charge is 0.497 e. The van der Waals surface area contributed by atoms with E-state index >= 15 is 0 Å². The van der Waals surface area contributed by atoms with Gasteiger partial charge in [0.25, 0.3) is 11.5 Å². The zero-order valence-electron chi connectivity index (χ0n) is 14.5. The molecule has 128 valence electrons. The number of methoxy groups -OCH3 is 1. The molecule has 0 fully saturated rings. The molecule has 1 heterocycles. The van der Waals surface area contributed by atoms with Crippen LogP contribution < -0.4 is 10.3 Å². The second-order valence-electron chi connectivity index (χ2n) is 6.11. The first-order chi connectivity index (χ1) is 12.0. The Labute approximate surface area is 145 Å². The highest BCUT2D eigenvalue weighted by atomic mass is 16.5. The van der Waals surface area contributed by atoms with E-state index in [0.29, 0.717) is 22.4 Å². The highest BCUT2D eigenvalue weighted by Crippen LogP contribution is 2.19. The average molecular weight is 336 g/mol. The van der Waals surface area contributed by atoms with Crippen molar-refractivity contribution < 1.29 is 9.53 Å². The highest BCUT2D eigenvalue weighted by Gasteiger charge is 2.14. The average Bonchev–Trinajstić information content (AvgIpc) is 2.61. The van der Waals surface area contributed by atoms with Crippen molar-refractivity contribution >= 4 is 16.8 Å². The maximum atomic E-state index is 12.6. The predicted octanol–water partition coefficient (Wildman–Crippen LogP) is 3.12. The summed E-state index contributed by atoms with van der Waals surface area (Å²) in [6.07, 6.45) is 0. The van der Waals surface area contributed by atoms with Gasteiger partial charge in [0.1, 0.15) is 5.75 Å². The van der Waals surface area contributed by atoms with Crippen molar-refractivity contribution in [2.45, 2.75) is 13.5 Å². The summed E-state index contributed by atoms with van der Waals surface area (Å²) in [7, 11) is 3.28. The number of benzene rings is 2. The zero-order valence-corrected chi connectivity index (χ0v) is 14.5. The Morgan fingerprint density at radius 1 is 1.16 bits per heavy atom. The molecule has 0 bridgehead atoms. The number of nitrogens with zero attached hydrogens (tertiary/aromatic N) is 1. The van der Waals surface area contributed by atoms with Crippen LogP contribution in [0.25, 0.3) is 10.9 Å².